The van der Waals surface area contributed by atoms with Crippen molar-refractivity contribution >= 4 is 6.03 Å². The van der Waals surface area contributed by atoms with Gasteiger partial charge in [0.2, 0.25) is 0 Å². The predicted molar refractivity (Wildman–Crippen MR) is 93.8 cm³/mol. The zero-order valence-corrected chi connectivity index (χ0v) is 15.3. The zero-order chi connectivity index (χ0) is 18.4. The molecule has 0 aliphatic rings. The highest BCUT2D eigenvalue weighted by Gasteiger charge is 2.16. The molecule has 0 radical (unpaired) electrons. The van der Waals surface area contributed by atoms with Crippen LogP contribution in [0.2, 0.25) is 0 Å². The number of aryl methyl sites for hydroxylation is 1. The summed E-state index contributed by atoms with van der Waals surface area (Å²) in [5, 5.41) is 6.86. The molecule has 1 heterocycles. The summed E-state index contributed by atoms with van der Waals surface area (Å²) in [4.78, 5) is 13.9. The highest BCUT2D eigenvalue weighted by Crippen LogP contribution is 2.30. The molecule has 1 unspecified atom stereocenters. The highest BCUT2D eigenvalue weighted by molar-refractivity contribution is 5.74. The first-order valence-electron chi connectivity index (χ1n) is 8.19. The van der Waals surface area contributed by atoms with E-state index in [1.54, 1.807) is 19.1 Å². The van der Waals surface area contributed by atoms with Gasteiger partial charge in [-0.25, -0.2) is 4.79 Å². The molecule has 2 rings (SSSR count). The van der Waals surface area contributed by atoms with Gasteiger partial charge in [0.25, 0.3) is 0 Å². The van der Waals surface area contributed by atoms with Crippen LogP contribution in [0.3, 0.4) is 0 Å². The summed E-state index contributed by atoms with van der Waals surface area (Å²) >= 11 is 0. The van der Waals surface area contributed by atoms with E-state index in [4.69, 9.17) is 14.0 Å². The number of ether oxygens (including phenoxy) is 2. The second-order valence-corrected chi connectivity index (χ2v) is 5.80. The maximum absolute atomic E-state index is 12.4. The molecular weight excluding hydrogens is 322 g/mol. The smallest absolute Gasteiger partial charge is 0.317 e. The fraction of sp³-hybridized carbons (Fsp3) is 0.444. The van der Waals surface area contributed by atoms with E-state index in [-0.39, 0.29) is 12.1 Å². The second kappa shape index (κ2) is 8.41. The molecule has 1 atom stereocenters. The molecule has 0 spiro atoms. The Labute approximate surface area is 147 Å². The molecule has 25 heavy (non-hydrogen) atoms. The van der Waals surface area contributed by atoms with Gasteiger partial charge in [0, 0.05) is 13.1 Å². The van der Waals surface area contributed by atoms with Gasteiger partial charge in [-0.3, -0.25) is 0 Å². The molecule has 0 aliphatic heterocycles. The third kappa shape index (κ3) is 4.89. The van der Waals surface area contributed by atoms with Gasteiger partial charge in [0.15, 0.2) is 11.5 Å². The van der Waals surface area contributed by atoms with Gasteiger partial charge in [-0.2, -0.15) is 0 Å². The standard InChI is InChI=1S/C18H25N3O4/c1-6-24-16-8-7-14(10-17(16)23-5)13(3)19-18(22)21(4)11-15-9-12(2)25-20-15/h7-10,13H,6,11H2,1-5H3,(H,19,22). The van der Waals surface area contributed by atoms with Gasteiger partial charge in [-0.05, 0) is 38.5 Å². The Morgan fingerprint density at radius 1 is 1.36 bits per heavy atom. The van der Waals surface area contributed by atoms with E-state index in [0.717, 1.165) is 11.3 Å². The van der Waals surface area contributed by atoms with Crippen LogP contribution >= 0.6 is 0 Å². The third-order valence-corrected chi connectivity index (χ3v) is 3.75. The van der Waals surface area contributed by atoms with Crippen molar-refractivity contribution in [1.82, 2.24) is 15.4 Å². The fourth-order valence-electron chi connectivity index (χ4n) is 2.41. The van der Waals surface area contributed by atoms with Gasteiger partial charge in [-0.15, -0.1) is 0 Å². The Bertz CT molecular complexity index is 714. The van der Waals surface area contributed by atoms with E-state index in [9.17, 15) is 4.79 Å². The van der Waals surface area contributed by atoms with Gasteiger partial charge < -0.3 is 24.2 Å². The molecule has 0 saturated heterocycles. The van der Waals surface area contributed by atoms with Crippen LogP contribution < -0.4 is 14.8 Å². The Morgan fingerprint density at radius 2 is 2.12 bits per heavy atom. The summed E-state index contributed by atoms with van der Waals surface area (Å²) < 4.78 is 15.9. The van der Waals surface area contributed by atoms with Crippen LogP contribution in [0.4, 0.5) is 4.79 Å². The number of benzene rings is 1. The molecule has 0 aliphatic carbocycles. The Balaban J connectivity index is 2.00. The number of urea groups is 1. The minimum Gasteiger partial charge on any atom is -0.493 e. The van der Waals surface area contributed by atoms with E-state index in [2.05, 4.69) is 10.5 Å². The van der Waals surface area contributed by atoms with Crippen molar-refractivity contribution < 1.29 is 18.8 Å². The number of hydrogen-bond acceptors (Lipinski definition) is 5. The Kier molecular flexibility index (Phi) is 6.27. The largest absolute Gasteiger partial charge is 0.493 e. The van der Waals surface area contributed by atoms with Crippen molar-refractivity contribution in [2.24, 2.45) is 0 Å². The van der Waals surface area contributed by atoms with Crippen LogP contribution in [-0.2, 0) is 6.54 Å². The first-order chi connectivity index (χ1) is 11.9. The first kappa shape index (κ1) is 18.6. The highest BCUT2D eigenvalue weighted by atomic mass is 16.5. The van der Waals surface area contributed by atoms with Gasteiger partial charge >= 0.3 is 6.03 Å². The number of rotatable bonds is 7. The summed E-state index contributed by atoms with van der Waals surface area (Å²) in [5.74, 6) is 2.05. The minimum atomic E-state index is -0.194. The van der Waals surface area contributed by atoms with E-state index in [1.807, 2.05) is 45.0 Å². The zero-order valence-electron chi connectivity index (χ0n) is 15.3. The molecule has 1 N–H and O–H groups in total. The summed E-state index contributed by atoms with van der Waals surface area (Å²) in [7, 11) is 3.31. The van der Waals surface area contributed by atoms with Crippen molar-refractivity contribution in [2.75, 3.05) is 20.8 Å². The van der Waals surface area contributed by atoms with Crippen molar-refractivity contribution in [3.8, 4) is 11.5 Å². The van der Waals surface area contributed by atoms with E-state index in [1.165, 1.54) is 0 Å². The monoisotopic (exact) mass is 347 g/mol. The van der Waals surface area contributed by atoms with Gasteiger partial charge in [-0.1, -0.05) is 11.2 Å². The summed E-state index contributed by atoms with van der Waals surface area (Å²) in [6, 6.07) is 7.07. The predicted octanol–water partition coefficient (Wildman–Crippen LogP) is 3.29. The van der Waals surface area contributed by atoms with Crippen LogP contribution in [0.25, 0.3) is 0 Å². The lowest BCUT2D eigenvalue weighted by Gasteiger charge is -2.21. The van der Waals surface area contributed by atoms with Crippen molar-refractivity contribution in [1.29, 1.82) is 0 Å². The number of nitrogens with zero attached hydrogens (tertiary/aromatic N) is 2. The number of aromatic nitrogens is 1. The Hall–Kier alpha value is -2.70. The van der Waals surface area contributed by atoms with Crippen molar-refractivity contribution in [3.63, 3.8) is 0 Å². The van der Waals surface area contributed by atoms with E-state index in [0.29, 0.717) is 30.3 Å². The molecule has 2 aromatic rings. The number of hydrogen-bond donors (Lipinski definition) is 1. The average Bonchev–Trinajstić information content (AvgIpc) is 3.00. The molecular formula is C18H25N3O4. The molecule has 7 nitrogen and oxygen atoms in total. The normalized spacial score (nSPS) is 11.7. The average molecular weight is 347 g/mol. The molecule has 0 fully saturated rings. The first-order valence-corrected chi connectivity index (χ1v) is 8.19. The van der Waals surface area contributed by atoms with Crippen molar-refractivity contribution in [2.45, 2.75) is 33.4 Å². The molecule has 0 bridgehead atoms. The van der Waals surface area contributed by atoms with Crippen LogP contribution in [0.5, 0.6) is 11.5 Å². The number of nitrogens with one attached hydrogen (secondary N) is 1. The van der Waals surface area contributed by atoms with E-state index < -0.39 is 0 Å². The number of carbonyl (C=O) groups excluding carboxylic acids is 1. The lowest BCUT2D eigenvalue weighted by molar-refractivity contribution is 0.202. The molecule has 2 amide bonds. The van der Waals surface area contributed by atoms with Crippen LogP contribution in [0.15, 0.2) is 28.8 Å². The summed E-state index contributed by atoms with van der Waals surface area (Å²) in [5.41, 5.74) is 1.64. The van der Waals surface area contributed by atoms with Gasteiger partial charge in [0.1, 0.15) is 11.5 Å². The van der Waals surface area contributed by atoms with Crippen molar-refractivity contribution in [3.05, 3.63) is 41.3 Å². The van der Waals surface area contributed by atoms with Gasteiger partial charge in [0.05, 0.1) is 26.3 Å². The molecule has 0 saturated carbocycles. The SMILES string of the molecule is CCOc1ccc(C(C)NC(=O)N(C)Cc2cc(C)on2)cc1OC. The fourth-order valence-corrected chi connectivity index (χ4v) is 2.41. The number of carbonyl (C=O) groups is 1. The third-order valence-electron chi connectivity index (χ3n) is 3.75. The number of amides is 2. The molecule has 1 aromatic carbocycles. The molecule has 7 heteroatoms. The van der Waals surface area contributed by atoms with Crippen LogP contribution in [-0.4, -0.2) is 36.9 Å². The van der Waals surface area contributed by atoms with E-state index >= 15 is 0 Å². The molecule has 1 aromatic heterocycles. The summed E-state index contributed by atoms with van der Waals surface area (Å²) in [6.45, 7) is 6.60. The second-order valence-electron chi connectivity index (χ2n) is 5.80. The van der Waals surface area contributed by atoms with Crippen LogP contribution in [0.1, 0.15) is 36.9 Å². The van der Waals surface area contributed by atoms with Crippen LogP contribution in [0, 0.1) is 6.92 Å². The quantitative estimate of drug-likeness (QED) is 0.831. The number of methoxy groups -OCH3 is 1. The maximum Gasteiger partial charge on any atom is 0.317 e. The minimum absolute atomic E-state index is 0.182. The lowest BCUT2D eigenvalue weighted by Crippen LogP contribution is -2.38. The lowest BCUT2D eigenvalue weighted by atomic mass is 10.1. The Morgan fingerprint density at radius 3 is 2.72 bits per heavy atom. The maximum atomic E-state index is 12.4. The molecule has 136 valence electrons. The topological polar surface area (TPSA) is 76.8 Å². The summed E-state index contributed by atoms with van der Waals surface area (Å²) in [6.07, 6.45) is 0.